The molecule has 0 aliphatic rings. The number of aromatic nitrogens is 3. The predicted molar refractivity (Wildman–Crippen MR) is 173 cm³/mol. The molecule has 2 aromatic heterocycles. The largest absolute Gasteiger partial charge is 0.323 e. The fourth-order valence-electron chi connectivity index (χ4n) is 4.91. The Labute approximate surface area is 254 Å². The van der Waals surface area contributed by atoms with Gasteiger partial charge in [-0.3, -0.25) is 0 Å². The van der Waals surface area contributed by atoms with Crippen molar-refractivity contribution in [2.75, 3.05) is 10.6 Å². The second-order valence-electron chi connectivity index (χ2n) is 10.0. The van der Waals surface area contributed by atoms with Gasteiger partial charge in [-0.1, -0.05) is 84.2 Å². The smallest absolute Gasteiger partial charge is 0.308 e. The number of rotatable bonds is 6. The lowest BCUT2D eigenvalue weighted by molar-refractivity contribution is 0.262. The highest BCUT2D eigenvalue weighted by atomic mass is 35.5. The zero-order chi connectivity index (χ0) is 29.2. The molecule has 6 aromatic rings. The molecule has 6 nitrogen and oxygen atoms in total. The summed E-state index contributed by atoms with van der Waals surface area (Å²) in [5.41, 5.74) is 8.67. The van der Waals surface area contributed by atoms with E-state index in [1.165, 1.54) is 5.56 Å². The molecule has 2 N–H and O–H groups in total. The third-order valence-corrected chi connectivity index (χ3v) is 7.86. The molecule has 0 aliphatic carbocycles. The van der Waals surface area contributed by atoms with Crippen LogP contribution in [-0.4, -0.2) is 20.6 Å². The summed E-state index contributed by atoms with van der Waals surface area (Å²) in [6.07, 6.45) is 4.59. The first-order chi connectivity index (χ1) is 20.4. The van der Waals surface area contributed by atoms with Gasteiger partial charge < -0.3 is 15.2 Å². The van der Waals surface area contributed by atoms with Gasteiger partial charge in [0.25, 0.3) is 0 Å². The van der Waals surface area contributed by atoms with E-state index in [2.05, 4.69) is 87.7 Å². The Morgan fingerprint density at radius 1 is 0.786 bits per heavy atom. The summed E-state index contributed by atoms with van der Waals surface area (Å²) >= 11 is 12.1. The Morgan fingerprint density at radius 2 is 1.52 bits per heavy atom. The molecule has 0 atom stereocenters. The zero-order valence-corrected chi connectivity index (χ0v) is 24.5. The van der Waals surface area contributed by atoms with Crippen LogP contribution >= 0.6 is 23.2 Å². The minimum atomic E-state index is -0.381. The lowest BCUT2D eigenvalue weighted by Crippen LogP contribution is -2.19. The van der Waals surface area contributed by atoms with E-state index in [1.807, 2.05) is 30.3 Å². The topological polar surface area (TPSA) is 71.8 Å². The van der Waals surface area contributed by atoms with Crippen molar-refractivity contribution in [2.45, 2.75) is 20.3 Å². The number of nitrogens with one attached hydrogen (secondary N) is 2. The maximum atomic E-state index is 12.7. The summed E-state index contributed by atoms with van der Waals surface area (Å²) in [6.45, 7) is 4.17. The van der Waals surface area contributed by atoms with E-state index in [1.54, 1.807) is 24.5 Å². The molecule has 208 valence electrons. The number of amides is 2. The van der Waals surface area contributed by atoms with E-state index in [9.17, 15) is 4.79 Å². The third kappa shape index (κ3) is 5.73. The lowest BCUT2D eigenvalue weighted by atomic mass is 10.00. The van der Waals surface area contributed by atoms with Gasteiger partial charge in [0.05, 0.1) is 15.6 Å². The summed E-state index contributed by atoms with van der Waals surface area (Å²) in [6, 6.07) is 29.3. The van der Waals surface area contributed by atoms with Crippen LogP contribution < -0.4 is 10.6 Å². The van der Waals surface area contributed by atoms with Crippen molar-refractivity contribution in [3.05, 3.63) is 125 Å². The van der Waals surface area contributed by atoms with Crippen LogP contribution in [0.4, 0.5) is 16.2 Å². The molecule has 0 saturated carbocycles. The number of hydrogen-bond acceptors (Lipinski definition) is 3. The highest BCUT2D eigenvalue weighted by Crippen LogP contribution is 2.36. The number of hydrogen-bond donors (Lipinski definition) is 2. The van der Waals surface area contributed by atoms with Crippen molar-refractivity contribution in [2.24, 2.45) is 0 Å². The van der Waals surface area contributed by atoms with Crippen molar-refractivity contribution >= 4 is 51.5 Å². The van der Waals surface area contributed by atoms with Crippen LogP contribution in [0.3, 0.4) is 0 Å². The fraction of sp³-hybridized carbons (Fsp3) is 0.0882. The number of halogens is 2. The van der Waals surface area contributed by atoms with Gasteiger partial charge in [-0.15, -0.1) is 0 Å². The van der Waals surface area contributed by atoms with E-state index in [0.717, 1.165) is 51.1 Å². The van der Waals surface area contributed by atoms with E-state index in [4.69, 9.17) is 23.2 Å². The van der Waals surface area contributed by atoms with Crippen molar-refractivity contribution in [3.63, 3.8) is 0 Å². The van der Waals surface area contributed by atoms with Crippen LogP contribution in [0.25, 0.3) is 39.0 Å². The normalized spacial score (nSPS) is 11.0. The molecule has 0 unspecified atom stereocenters. The van der Waals surface area contributed by atoms with Crippen LogP contribution in [-0.2, 0) is 6.42 Å². The first-order valence-corrected chi connectivity index (χ1v) is 14.3. The molecule has 0 spiro atoms. The number of carbonyl (C=O) groups excluding carboxylic acids is 1. The Morgan fingerprint density at radius 3 is 2.29 bits per heavy atom. The van der Waals surface area contributed by atoms with Crippen molar-refractivity contribution in [3.8, 4) is 28.1 Å². The number of fused-ring (bicyclic) bond motifs is 1. The average molecular weight is 593 g/mol. The Kier molecular flexibility index (Phi) is 7.66. The van der Waals surface area contributed by atoms with E-state index >= 15 is 0 Å². The Hall–Kier alpha value is -4.65. The summed E-state index contributed by atoms with van der Waals surface area (Å²) < 4.78 is 2.13. The number of carbonyl (C=O) groups is 1. The van der Waals surface area contributed by atoms with Crippen LogP contribution in [0.1, 0.15) is 18.2 Å². The molecule has 0 fully saturated rings. The summed E-state index contributed by atoms with van der Waals surface area (Å²) in [5, 5.41) is 7.61. The first kappa shape index (κ1) is 27.5. The molecule has 4 aromatic carbocycles. The molecule has 2 amide bonds. The maximum Gasteiger partial charge on any atom is 0.323 e. The number of nitrogens with zero attached hydrogens (tertiary/aromatic N) is 3. The highest BCUT2D eigenvalue weighted by molar-refractivity contribution is 6.42. The highest BCUT2D eigenvalue weighted by Gasteiger charge is 2.15. The van der Waals surface area contributed by atoms with Crippen LogP contribution in [0.2, 0.25) is 10.0 Å². The third-order valence-electron chi connectivity index (χ3n) is 7.12. The summed E-state index contributed by atoms with van der Waals surface area (Å²) in [4.78, 5) is 21.7. The predicted octanol–water partition coefficient (Wildman–Crippen LogP) is 9.58. The van der Waals surface area contributed by atoms with Gasteiger partial charge >= 0.3 is 6.03 Å². The number of urea groups is 1. The van der Waals surface area contributed by atoms with Gasteiger partial charge in [-0.25, -0.2) is 14.8 Å². The SMILES string of the molecule is CCc1cc(-n2cc(-c3ccc(C)cc3)c3ccc(-c4cccc(NC(=O)Nc5ccc(Cl)c(Cl)c5)c4)cc32)ncn1. The van der Waals surface area contributed by atoms with Gasteiger partial charge in [-0.2, -0.15) is 0 Å². The average Bonchev–Trinajstić information content (AvgIpc) is 3.38. The Bertz CT molecular complexity index is 1930. The second-order valence-corrected chi connectivity index (χ2v) is 10.8. The molecule has 0 bridgehead atoms. The van der Waals surface area contributed by atoms with Crippen LogP contribution in [0, 0.1) is 6.92 Å². The summed E-state index contributed by atoms with van der Waals surface area (Å²) in [7, 11) is 0. The van der Waals surface area contributed by atoms with Crippen LogP contribution in [0.5, 0.6) is 0 Å². The molecule has 6 rings (SSSR count). The van der Waals surface area contributed by atoms with E-state index < -0.39 is 0 Å². The standard InChI is InChI=1S/C34H27Cl2N5O/c1-3-25-18-33(38-20-37-25)41-19-29(22-9-7-21(2)8-10-22)28-13-11-24(16-32(28)41)23-5-4-6-26(15-23)39-34(42)40-27-12-14-30(35)31(36)17-27/h4-20H,3H2,1-2H3,(H2,39,40,42). The zero-order valence-electron chi connectivity index (χ0n) is 23.0. The number of benzene rings is 4. The Balaban J connectivity index is 1.36. The molecule has 0 saturated heterocycles. The molecule has 8 heteroatoms. The monoisotopic (exact) mass is 591 g/mol. The molecule has 42 heavy (non-hydrogen) atoms. The van der Waals surface area contributed by atoms with Gasteiger partial charge in [0.15, 0.2) is 0 Å². The summed E-state index contributed by atoms with van der Waals surface area (Å²) in [5.74, 6) is 0.816. The van der Waals surface area contributed by atoms with Crippen molar-refractivity contribution in [1.82, 2.24) is 14.5 Å². The van der Waals surface area contributed by atoms with Crippen molar-refractivity contribution in [1.29, 1.82) is 0 Å². The first-order valence-electron chi connectivity index (χ1n) is 13.5. The second kappa shape index (κ2) is 11.7. The molecule has 2 heterocycles. The number of aryl methyl sites for hydroxylation is 2. The lowest BCUT2D eigenvalue weighted by Gasteiger charge is -2.11. The molecule has 0 radical (unpaired) electrons. The molecular formula is C34H27Cl2N5O. The fourth-order valence-corrected chi connectivity index (χ4v) is 5.21. The van der Waals surface area contributed by atoms with Gasteiger partial charge in [-0.05, 0) is 66.4 Å². The van der Waals surface area contributed by atoms with E-state index in [-0.39, 0.29) is 6.03 Å². The quantitative estimate of drug-likeness (QED) is 0.202. The minimum Gasteiger partial charge on any atom is -0.308 e. The molecule has 0 aliphatic heterocycles. The van der Waals surface area contributed by atoms with Crippen molar-refractivity contribution < 1.29 is 4.79 Å². The van der Waals surface area contributed by atoms with Gasteiger partial charge in [0.2, 0.25) is 0 Å². The van der Waals surface area contributed by atoms with Crippen LogP contribution in [0.15, 0.2) is 104 Å². The van der Waals surface area contributed by atoms with E-state index in [0.29, 0.717) is 21.4 Å². The maximum absolute atomic E-state index is 12.7. The molecular weight excluding hydrogens is 565 g/mol. The van der Waals surface area contributed by atoms with Gasteiger partial charge in [0.1, 0.15) is 12.1 Å². The van der Waals surface area contributed by atoms with Gasteiger partial charge in [0, 0.05) is 40.3 Å². The number of anilines is 2. The minimum absolute atomic E-state index is 0.370.